The number of nitro benzene ring substituents is 1. The average Bonchev–Trinajstić information content (AvgIpc) is 3.43. The van der Waals surface area contributed by atoms with E-state index in [0.717, 1.165) is 17.0 Å². The summed E-state index contributed by atoms with van der Waals surface area (Å²) in [6.45, 7) is 0.704. The molecule has 0 aliphatic carbocycles. The van der Waals surface area contributed by atoms with Gasteiger partial charge in [0, 0.05) is 36.2 Å². The molecule has 1 saturated heterocycles. The van der Waals surface area contributed by atoms with Gasteiger partial charge in [0.2, 0.25) is 15.9 Å². The third-order valence-corrected chi connectivity index (χ3v) is 7.98. The minimum absolute atomic E-state index is 0.00788. The molecule has 4 rings (SSSR count). The van der Waals surface area contributed by atoms with Crippen LogP contribution < -0.4 is 10.8 Å². The first kappa shape index (κ1) is 22.2. The molecule has 2 N–H and O–H groups in total. The van der Waals surface area contributed by atoms with Gasteiger partial charge < -0.3 is 10.1 Å². The second-order valence-corrected chi connectivity index (χ2v) is 10.2. The number of amides is 1. The smallest absolute Gasteiger partial charge is 0.392 e. The van der Waals surface area contributed by atoms with E-state index in [1.165, 1.54) is 27.8 Å². The number of hydroxylamine groups is 1. The Morgan fingerprint density at radius 3 is 2.62 bits per heavy atom. The van der Waals surface area contributed by atoms with Gasteiger partial charge in [0.1, 0.15) is 5.60 Å². The van der Waals surface area contributed by atoms with Crippen molar-refractivity contribution < 1.29 is 27.7 Å². The molecule has 32 heavy (non-hydrogen) atoms. The number of thiophene rings is 1. The molecule has 1 spiro atoms. The number of piperidine rings is 1. The molecule has 1 aromatic heterocycles. The number of ether oxygens (including phenoxy) is 1. The number of nitrogens with zero attached hydrogens (tertiary/aromatic N) is 2. The summed E-state index contributed by atoms with van der Waals surface area (Å²) >= 11 is 1.52. The van der Waals surface area contributed by atoms with Gasteiger partial charge in [-0.3, -0.25) is 15.0 Å². The van der Waals surface area contributed by atoms with Crippen LogP contribution in [0.3, 0.4) is 0 Å². The Kier molecular flexibility index (Phi) is 6.15. The van der Waals surface area contributed by atoms with Gasteiger partial charge in [-0.25, -0.2) is 18.7 Å². The number of rotatable bonds is 6. The van der Waals surface area contributed by atoms with Crippen molar-refractivity contribution in [2.24, 2.45) is 0 Å². The molecule has 170 valence electrons. The zero-order valence-electron chi connectivity index (χ0n) is 16.7. The normalized spacial score (nSPS) is 18.1. The highest BCUT2D eigenvalue weighted by atomic mass is 32.2. The Morgan fingerprint density at radius 2 is 2.00 bits per heavy atom. The Balaban J connectivity index is 1.33. The maximum Gasteiger partial charge on any atom is 0.414 e. The first-order valence-corrected chi connectivity index (χ1v) is 12.0. The van der Waals surface area contributed by atoms with Crippen molar-refractivity contribution in [2.75, 3.05) is 13.1 Å². The second-order valence-electron chi connectivity index (χ2n) is 7.26. The van der Waals surface area contributed by atoms with Gasteiger partial charge in [-0.2, -0.15) is 4.31 Å². The SMILES string of the molecule is O=C(NCc1cccs1)OC1=CC2(CCN(S(=O)(=O)c3ccc([N+](=O)[O-])cc3)CC2)ON1. The van der Waals surface area contributed by atoms with Crippen molar-refractivity contribution in [1.29, 1.82) is 0 Å². The van der Waals surface area contributed by atoms with Crippen LogP contribution in [0.1, 0.15) is 17.7 Å². The highest BCUT2D eigenvalue weighted by Gasteiger charge is 2.42. The Labute approximate surface area is 187 Å². The largest absolute Gasteiger partial charge is 0.414 e. The lowest BCUT2D eigenvalue weighted by Gasteiger charge is -2.35. The minimum Gasteiger partial charge on any atom is -0.392 e. The first-order chi connectivity index (χ1) is 15.3. The van der Waals surface area contributed by atoms with Gasteiger partial charge in [-0.1, -0.05) is 6.07 Å². The van der Waals surface area contributed by atoms with Crippen molar-refractivity contribution >= 4 is 33.1 Å². The molecule has 0 unspecified atom stereocenters. The summed E-state index contributed by atoms with van der Waals surface area (Å²) in [5, 5.41) is 15.3. The molecular formula is C19H20N4O7S2. The zero-order valence-corrected chi connectivity index (χ0v) is 18.4. The molecule has 1 amide bonds. The lowest BCUT2D eigenvalue weighted by Crippen LogP contribution is -2.46. The fraction of sp³-hybridized carbons (Fsp3) is 0.316. The maximum absolute atomic E-state index is 12.9. The fourth-order valence-electron chi connectivity index (χ4n) is 3.45. The van der Waals surface area contributed by atoms with Crippen molar-refractivity contribution in [2.45, 2.75) is 29.9 Å². The number of alkyl carbamates (subject to hydrolysis) is 1. The van der Waals surface area contributed by atoms with Crippen molar-refractivity contribution in [3.8, 4) is 0 Å². The molecular weight excluding hydrogens is 460 g/mol. The Bertz CT molecular complexity index is 1120. The van der Waals surface area contributed by atoms with E-state index in [4.69, 9.17) is 9.57 Å². The number of nitrogens with one attached hydrogen (secondary N) is 2. The van der Waals surface area contributed by atoms with Crippen molar-refractivity contribution in [3.63, 3.8) is 0 Å². The first-order valence-electron chi connectivity index (χ1n) is 9.67. The molecule has 1 aromatic carbocycles. The number of benzene rings is 1. The van der Waals surface area contributed by atoms with Crippen LogP contribution >= 0.6 is 11.3 Å². The van der Waals surface area contributed by atoms with Crippen LogP contribution in [-0.4, -0.2) is 42.4 Å². The molecule has 2 aromatic rings. The fourth-order valence-corrected chi connectivity index (χ4v) is 5.53. The molecule has 13 heteroatoms. The predicted molar refractivity (Wildman–Crippen MR) is 114 cm³/mol. The average molecular weight is 481 g/mol. The van der Waals surface area contributed by atoms with Crippen LogP contribution in [-0.2, 0) is 26.1 Å². The molecule has 11 nitrogen and oxygen atoms in total. The van der Waals surface area contributed by atoms with E-state index in [1.54, 1.807) is 6.08 Å². The van der Waals surface area contributed by atoms with Crippen molar-refractivity contribution in [1.82, 2.24) is 15.1 Å². The van der Waals surface area contributed by atoms with Crippen LogP contribution in [0, 0.1) is 10.1 Å². The summed E-state index contributed by atoms with van der Waals surface area (Å²) in [6.07, 6.45) is 1.70. The molecule has 1 fully saturated rings. The number of hydrogen-bond donors (Lipinski definition) is 2. The molecule has 3 heterocycles. The van der Waals surface area contributed by atoms with E-state index in [9.17, 15) is 23.3 Å². The van der Waals surface area contributed by atoms with Crippen LogP contribution in [0.4, 0.5) is 10.5 Å². The van der Waals surface area contributed by atoms with E-state index < -0.39 is 26.6 Å². The van der Waals surface area contributed by atoms with Crippen LogP contribution in [0.5, 0.6) is 0 Å². The van der Waals surface area contributed by atoms with Gasteiger partial charge in [-0.15, -0.1) is 11.3 Å². The third kappa shape index (κ3) is 4.75. The van der Waals surface area contributed by atoms with Crippen LogP contribution in [0.2, 0.25) is 0 Å². The highest BCUT2D eigenvalue weighted by Crippen LogP contribution is 2.34. The van der Waals surface area contributed by atoms with Gasteiger partial charge in [-0.05, 0) is 36.4 Å². The molecule has 0 saturated carbocycles. The predicted octanol–water partition coefficient (Wildman–Crippen LogP) is 2.48. The van der Waals surface area contributed by atoms with Crippen LogP contribution in [0.15, 0.2) is 58.6 Å². The number of hydrogen-bond acceptors (Lipinski definition) is 9. The standard InChI is InChI=1S/C19H20N4O7S2/c24-18(20-13-15-2-1-11-31-15)29-17-12-19(30-21-17)7-9-22(10-8-19)32(27,28)16-5-3-14(4-6-16)23(25)26/h1-6,11-12,21H,7-10,13H2,(H,20,24). The van der Waals surface area contributed by atoms with Crippen LogP contribution in [0.25, 0.3) is 0 Å². The number of sulfonamides is 1. The molecule has 2 aliphatic rings. The number of carbonyl (C=O) groups excluding carboxylic acids is 1. The quantitative estimate of drug-likeness (QED) is 0.475. The highest BCUT2D eigenvalue weighted by molar-refractivity contribution is 7.89. The number of nitro groups is 1. The zero-order chi connectivity index (χ0) is 22.8. The van der Waals surface area contributed by atoms with E-state index in [1.807, 2.05) is 17.5 Å². The van der Waals surface area contributed by atoms with Gasteiger partial charge in [0.05, 0.1) is 16.4 Å². The Morgan fingerprint density at radius 1 is 1.28 bits per heavy atom. The number of carbonyl (C=O) groups is 1. The van der Waals surface area contributed by atoms with Gasteiger partial charge in [0.15, 0.2) is 0 Å². The number of non-ortho nitro benzene ring substituents is 1. The molecule has 0 radical (unpaired) electrons. The summed E-state index contributed by atoms with van der Waals surface area (Å²) < 4.78 is 32.2. The monoisotopic (exact) mass is 480 g/mol. The lowest BCUT2D eigenvalue weighted by molar-refractivity contribution is -0.384. The summed E-state index contributed by atoms with van der Waals surface area (Å²) in [7, 11) is -3.79. The minimum atomic E-state index is -3.79. The Hall–Kier alpha value is -3.00. The summed E-state index contributed by atoms with van der Waals surface area (Å²) in [4.78, 5) is 28.8. The van der Waals surface area contributed by atoms with E-state index >= 15 is 0 Å². The van der Waals surface area contributed by atoms with Gasteiger partial charge in [0.25, 0.3) is 5.69 Å². The summed E-state index contributed by atoms with van der Waals surface area (Å²) in [5.74, 6) is 0.153. The second kappa shape index (κ2) is 8.86. The summed E-state index contributed by atoms with van der Waals surface area (Å²) in [6, 6.07) is 8.57. The third-order valence-electron chi connectivity index (χ3n) is 5.19. The van der Waals surface area contributed by atoms with E-state index in [-0.39, 0.29) is 29.6 Å². The van der Waals surface area contributed by atoms with Gasteiger partial charge >= 0.3 is 6.09 Å². The molecule has 2 aliphatic heterocycles. The van der Waals surface area contributed by atoms with Crippen molar-refractivity contribution in [3.05, 3.63) is 68.7 Å². The van der Waals surface area contributed by atoms with E-state index in [2.05, 4.69) is 10.8 Å². The van der Waals surface area contributed by atoms with E-state index in [0.29, 0.717) is 19.4 Å². The lowest BCUT2D eigenvalue weighted by atomic mass is 9.93. The topological polar surface area (TPSA) is 140 Å². The summed E-state index contributed by atoms with van der Waals surface area (Å²) in [5.41, 5.74) is 1.63. The molecule has 0 bridgehead atoms. The maximum atomic E-state index is 12.9. The molecule has 0 atom stereocenters.